The first-order valence-electron chi connectivity index (χ1n) is 8.34. The van der Waals surface area contributed by atoms with E-state index >= 15 is 0 Å². The fourth-order valence-electron chi connectivity index (χ4n) is 2.51. The van der Waals surface area contributed by atoms with Crippen LogP contribution >= 0.6 is 0 Å². The Morgan fingerprint density at radius 2 is 1.89 bits per heavy atom. The maximum Gasteiger partial charge on any atom is 0.417 e. The number of H-pyrrole nitrogens is 1. The number of nitrogens with one attached hydrogen (secondary N) is 2. The lowest BCUT2D eigenvalue weighted by Gasteiger charge is -2.18. The summed E-state index contributed by atoms with van der Waals surface area (Å²) in [6, 6.07) is 2.30. The molecule has 3 aromatic heterocycles. The number of aryl methyl sites for hydroxylation is 1. The van der Waals surface area contributed by atoms with Crippen LogP contribution in [0.1, 0.15) is 31.9 Å². The number of rotatable bonds is 2. The first-order chi connectivity index (χ1) is 12.9. The predicted molar refractivity (Wildman–Crippen MR) is 96.9 cm³/mol. The molecule has 0 spiro atoms. The van der Waals surface area contributed by atoms with Crippen LogP contribution in [-0.4, -0.2) is 25.5 Å². The van der Waals surface area contributed by atoms with Crippen LogP contribution in [0, 0.1) is 12.3 Å². The van der Waals surface area contributed by atoms with Crippen LogP contribution in [0.15, 0.2) is 29.3 Å². The Hall–Kier alpha value is -3.17. The SMILES string of the molecule is Cc1cc2c(=O)[nH]c(-c3cnc(NC(=O)C(C)(C)C)cc3C(F)(F)F)nn2c1. The van der Waals surface area contributed by atoms with Crippen molar-refractivity contribution >= 4 is 17.2 Å². The summed E-state index contributed by atoms with van der Waals surface area (Å²) >= 11 is 0. The molecular formula is C18H18F3N5O2. The average molecular weight is 393 g/mol. The highest BCUT2D eigenvalue weighted by molar-refractivity contribution is 5.94. The van der Waals surface area contributed by atoms with Gasteiger partial charge in [0.25, 0.3) is 5.56 Å². The monoisotopic (exact) mass is 393 g/mol. The summed E-state index contributed by atoms with van der Waals surface area (Å²) in [6.45, 7) is 6.63. The molecule has 148 valence electrons. The molecule has 3 heterocycles. The Balaban J connectivity index is 2.13. The summed E-state index contributed by atoms with van der Waals surface area (Å²) < 4.78 is 42.1. The van der Waals surface area contributed by atoms with Gasteiger partial charge >= 0.3 is 6.18 Å². The Morgan fingerprint density at radius 3 is 2.50 bits per heavy atom. The van der Waals surface area contributed by atoms with E-state index in [1.165, 1.54) is 10.7 Å². The number of amides is 1. The van der Waals surface area contributed by atoms with Crippen LogP contribution < -0.4 is 10.9 Å². The number of carbonyl (C=O) groups is 1. The third kappa shape index (κ3) is 3.75. The minimum absolute atomic E-state index is 0.219. The number of anilines is 1. The molecule has 0 aromatic carbocycles. The number of hydrogen-bond donors (Lipinski definition) is 2. The number of nitrogens with zero attached hydrogens (tertiary/aromatic N) is 3. The number of alkyl halides is 3. The van der Waals surface area contributed by atoms with E-state index in [1.807, 2.05) is 0 Å². The van der Waals surface area contributed by atoms with Gasteiger partial charge in [0, 0.05) is 23.4 Å². The van der Waals surface area contributed by atoms with Gasteiger partial charge < -0.3 is 10.3 Å². The van der Waals surface area contributed by atoms with E-state index in [-0.39, 0.29) is 17.2 Å². The molecule has 7 nitrogen and oxygen atoms in total. The lowest BCUT2D eigenvalue weighted by Crippen LogP contribution is -2.28. The third-order valence-corrected chi connectivity index (χ3v) is 4.00. The van der Waals surface area contributed by atoms with E-state index in [1.54, 1.807) is 33.8 Å². The van der Waals surface area contributed by atoms with Gasteiger partial charge in [-0.1, -0.05) is 20.8 Å². The number of carbonyl (C=O) groups excluding carboxylic acids is 1. The van der Waals surface area contributed by atoms with Gasteiger partial charge in [0.05, 0.1) is 5.56 Å². The van der Waals surface area contributed by atoms with E-state index in [9.17, 15) is 22.8 Å². The number of aromatic nitrogens is 4. The molecule has 3 rings (SSSR count). The molecule has 0 atom stereocenters. The second-order valence-corrected chi connectivity index (χ2v) is 7.47. The standard InChI is InChI=1S/C18H18F3N5O2/c1-9-5-12-15(27)24-14(25-26(12)8-9)10-7-22-13(6-11(10)18(19,20)21)23-16(28)17(2,3)4/h5-8H,1-4H3,(H,22,23,28)(H,24,25,27). The van der Waals surface area contributed by atoms with Crippen LogP contribution in [0.4, 0.5) is 19.0 Å². The molecule has 0 fully saturated rings. The fourth-order valence-corrected chi connectivity index (χ4v) is 2.51. The molecule has 0 aliphatic heterocycles. The van der Waals surface area contributed by atoms with Crippen LogP contribution in [0.5, 0.6) is 0 Å². The highest BCUT2D eigenvalue weighted by Crippen LogP contribution is 2.36. The Labute approximate surface area is 157 Å². The van der Waals surface area contributed by atoms with Crippen LogP contribution in [0.2, 0.25) is 0 Å². The second-order valence-electron chi connectivity index (χ2n) is 7.47. The average Bonchev–Trinajstić information content (AvgIpc) is 2.94. The van der Waals surface area contributed by atoms with Crippen molar-refractivity contribution in [3.8, 4) is 11.4 Å². The zero-order chi connectivity index (χ0) is 20.9. The van der Waals surface area contributed by atoms with Crippen molar-refractivity contribution in [2.24, 2.45) is 5.41 Å². The van der Waals surface area contributed by atoms with Crippen molar-refractivity contribution in [1.82, 2.24) is 19.6 Å². The molecule has 2 N–H and O–H groups in total. The smallest absolute Gasteiger partial charge is 0.310 e. The van der Waals surface area contributed by atoms with Crippen LogP contribution in [0.3, 0.4) is 0 Å². The summed E-state index contributed by atoms with van der Waals surface area (Å²) in [6.07, 6.45) is -2.28. The number of hydrogen-bond acceptors (Lipinski definition) is 4. The molecule has 0 bridgehead atoms. The third-order valence-electron chi connectivity index (χ3n) is 4.00. The molecule has 10 heteroatoms. The lowest BCUT2D eigenvalue weighted by atomic mass is 9.96. The van der Waals surface area contributed by atoms with Crippen LogP contribution in [-0.2, 0) is 11.0 Å². The first-order valence-corrected chi connectivity index (χ1v) is 8.34. The Morgan fingerprint density at radius 1 is 1.21 bits per heavy atom. The molecule has 0 saturated heterocycles. The molecule has 28 heavy (non-hydrogen) atoms. The van der Waals surface area contributed by atoms with Crippen molar-refractivity contribution in [2.45, 2.75) is 33.9 Å². The molecule has 0 aliphatic carbocycles. The molecule has 0 radical (unpaired) electrons. The molecule has 0 aliphatic rings. The molecule has 1 amide bonds. The molecular weight excluding hydrogens is 375 g/mol. The first kappa shape index (κ1) is 19.6. The summed E-state index contributed by atoms with van der Waals surface area (Å²) in [5.41, 5.74) is -1.88. The normalized spacial score (nSPS) is 12.4. The van der Waals surface area contributed by atoms with E-state index in [0.29, 0.717) is 0 Å². The van der Waals surface area contributed by atoms with Gasteiger partial charge in [-0.25, -0.2) is 9.50 Å². The zero-order valence-corrected chi connectivity index (χ0v) is 15.6. The fraction of sp³-hybridized carbons (Fsp3) is 0.333. The minimum atomic E-state index is -4.75. The summed E-state index contributed by atoms with van der Waals surface area (Å²) in [5, 5.41) is 6.43. The second kappa shape index (κ2) is 6.47. The minimum Gasteiger partial charge on any atom is -0.310 e. The summed E-state index contributed by atoms with van der Waals surface area (Å²) in [7, 11) is 0. The molecule has 0 unspecified atom stereocenters. The Bertz CT molecular complexity index is 1120. The van der Waals surface area contributed by atoms with Crippen molar-refractivity contribution in [1.29, 1.82) is 0 Å². The van der Waals surface area contributed by atoms with Gasteiger partial charge in [-0.2, -0.15) is 13.2 Å². The van der Waals surface area contributed by atoms with Gasteiger partial charge in [-0.05, 0) is 24.6 Å². The van der Waals surface area contributed by atoms with E-state index in [0.717, 1.165) is 17.8 Å². The van der Waals surface area contributed by atoms with Gasteiger partial charge in [-0.15, -0.1) is 5.10 Å². The summed E-state index contributed by atoms with van der Waals surface area (Å²) in [4.78, 5) is 30.5. The number of halogens is 3. The maximum absolute atomic E-state index is 13.6. The van der Waals surface area contributed by atoms with Gasteiger partial charge in [0.2, 0.25) is 5.91 Å². The highest BCUT2D eigenvalue weighted by Gasteiger charge is 2.36. The van der Waals surface area contributed by atoms with E-state index in [2.05, 4.69) is 20.4 Å². The van der Waals surface area contributed by atoms with Crippen molar-refractivity contribution in [3.05, 3.63) is 46.0 Å². The van der Waals surface area contributed by atoms with Gasteiger partial charge in [0.15, 0.2) is 5.82 Å². The largest absolute Gasteiger partial charge is 0.417 e. The number of fused-ring (bicyclic) bond motifs is 1. The van der Waals surface area contributed by atoms with Crippen molar-refractivity contribution < 1.29 is 18.0 Å². The zero-order valence-electron chi connectivity index (χ0n) is 15.6. The van der Waals surface area contributed by atoms with Gasteiger partial charge in [0.1, 0.15) is 11.3 Å². The Kier molecular flexibility index (Phi) is 4.52. The predicted octanol–water partition coefficient (Wildman–Crippen LogP) is 3.40. The molecule has 0 saturated carbocycles. The lowest BCUT2D eigenvalue weighted by molar-refractivity contribution is -0.137. The summed E-state index contributed by atoms with van der Waals surface area (Å²) in [5.74, 6) is -0.991. The van der Waals surface area contributed by atoms with Crippen molar-refractivity contribution in [3.63, 3.8) is 0 Å². The maximum atomic E-state index is 13.6. The number of pyridine rings is 1. The van der Waals surface area contributed by atoms with E-state index < -0.39 is 34.2 Å². The van der Waals surface area contributed by atoms with Crippen molar-refractivity contribution in [2.75, 3.05) is 5.32 Å². The highest BCUT2D eigenvalue weighted by atomic mass is 19.4. The number of aromatic amines is 1. The quantitative estimate of drug-likeness (QED) is 0.698. The van der Waals surface area contributed by atoms with Gasteiger partial charge in [-0.3, -0.25) is 9.59 Å². The topological polar surface area (TPSA) is 92.1 Å². The van der Waals surface area contributed by atoms with E-state index in [4.69, 9.17) is 0 Å². The molecule has 3 aromatic rings. The van der Waals surface area contributed by atoms with Crippen LogP contribution in [0.25, 0.3) is 16.9 Å².